The highest BCUT2D eigenvalue weighted by Crippen LogP contribution is 2.20. The summed E-state index contributed by atoms with van der Waals surface area (Å²) in [5.41, 5.74) is 1.03. The second-order valence-electron chi connectivity index (χ2n) is 5.59. The first-order chi connectivity index (χ1) is 11.3. The number of carbonyl (C=O) groups is 1. The van der Waals surface area contributed by atoms with Crippen LogP contribution in [0.1, 0.15) is 6.92 Å². The Labute approximate surface area is 152 Å². The van der Waals surface area contributed by atoms with Gasteiger partial charge in [-0.1, -0.05) is 11.6 Å². The van der Waals surface area contributed by atoms with Crippen LogP contribution in [-0.4, -0.2) is 62.5 Å². The van der Waals surface area contributed by atoms with E-state index in [1.165, 1.54) is 4.31 Å². The van der Waals surface area contributed by atoms with Gasteiger partial charge in [0.1, 0.15) is 5.38 Å². The minimum Gasteiger partial charge on any atom is -0.369 e. The van der Waals surface area contributed by atoms with Gasteiger partial charge in [0, 0.05) is 43.4 Å². The summed E-state index contributed by atoms with van der Waals surface area (Å²) >= 11 is 11.5. The number of piperazine rings is 1. The molecule has 1 saturated heterocycles. The van der Waals surface area contributed by atoms with E-state index in [0.717, 1.165) is 5.69 Å². The van der Waals surface area contributed by atoms with Gasteiger partial charge in [0.05, 0.1) is 5.75 Å². The zero-order valence-electron chi connectivity index (χ0n) is 13.4. The molecule has 1 aromatic carbocycles. The summed E-state index contributed by atoms with van der Waals surface area (Å²) in [4.78, 5) is 13.5. The molecule has 1 atom stereocenters. The van der Waals surface area contributed by atoms with Gasteiger partial charge in [-0.05, 0) is 31.2 Å². The number of amides is 1. The van der Waals surface area contributed by atoms with Crippen LogP contribution in [0.5, 0.6) is 0 Å². The van der Waals surface area contributed by atoms with Gasteiger partial charge in [-0.15, -0.1) is 11.6 Å². The van der Waals surface area contributed by atoms with E-state index < -0.39 is 15.4 Å². The SMILES string of the molecule is CC(Cl)C(=O)NCCS(=O)(=O)N1CCN(c2ccc(Cl)cc2)CC1. The van der Waals surface area contributed by atoms with Crippen LogP contribution >= 0.6 is 23.2 Å². The number of hydrogen-bond donors (Lipinski definition) is 1. The molecule has 9 heteroatoms. The van der Waals surface area contributed by atoms with Crippen molar-refractivity contribution in [3.8, 4) is 0 Å². The van der Waals surface area contributed by atoms with E-state index in [1.807, 2.05) is 24.3 Å². The van der Waals surface area contributed by atoms with Crippen molar-refractivity contribution in [2.24, 2.45) is 0 Å². The third-order valence-corrected chi connectivity index (χ3v) is 6.17. The van der Waals surface area contributed by atoms with Crippen molar-refractivity contribution < 1.29 is 13.2 Å². The van der Waals surface area contributed by atoms with Gasteiger partial charge < -0.3 is 10.2 Å². The van der Waals surface area contributed by atoms with E-state index in [4.69, 9.17) is 23.2 Å². The van der Waals surface area contributed by atoms with Gasteiger partial charge >= 0.3 is 0 Å². The molecule has 1 unspecified atom stereocenters. The first-order valence-electron chi connectivity index (χ1n) is 7.70. The van der Waals surface area contributed by atoms with E-state index >= 15 is 0 Å². The molecule has 1 heterocycles. The molecular weight excluding hydrogens is 373 g/mol. The first kappa shape index (κ1) is 19.3. The lowest BCUT2D eigenvalue weighted by Gasteiger charge is -2.35. The van der Waals surface area contributed by atoms with Crippen LogP contribution in [0, 0.1) is 0 Å². The molecule has 0 spiro atoms. The molecule has 0 aromatic heterocycles. The van der Waals surface area contributed by atoms with Crippen molar-refractivity contribution in [1.29, 1.82) is 0 Å². The number of benzene rings is 1. The lowest BCUT2D eigenvalue weighted by molar-refractivity contribution is -0.120. The Morgan fingerprint density at radius 1 is 1.21 bits per heavy atom. The Bertz CT molecular complexity index is 657. The van der Waals surface area contributed by atoms with Crippen molar-refractivity contribution in [3.05, 3.63) is 29.3 Å². The van der Waals surface area contributed by atoms with Crippen molar-refractivity contribution in [1.82, 2.24) is 9.62 Å². The summed E-state index contributed by atoms with van der Waals surface area (Å²) in [6, 6.07) is 7.49. The molecule has 0 bridgehead atoms. The average molecular weight is 394 g/mol. The number of nitrogens with one attached hydrogen (secondary N) is 1. The maximum Gasteiger partial charge on any atom is 0.237 e. The number of anilines is 1. The molecule has 0 radical (unpaired) electrons. The highest BCUT2D eigenvalue weighted by molar-refractivity contribution is 7.89. The number of carbonyl (C=O) groups excluding carboxylic acids is 1. The summed E-state index contributed by atoms with van der Waals surface area (Å²) in [5.74, 6) is -0.483. The summed E-state index contributed by atoms with van der Waals surface area (Å²) in [5, 5.41) is 2.52. The summed E-state index contributed by atoms with van der Waals surface area (Å²) < 4.78 is 26.1. The monoisotopic (exact) mass is 393 g/mol. The minimum atomic E-state index is -3.39. The van der Waals surface area contributed by atoms with Crippen LogP contribution in [0.25, 0.3) is 0 Å². The first-order valence-corrected chi connectivity index (χ1v) is 10.1. The lowest BCUT2D eigenvalue weighted by atomic mass is 10.2. The predicted octanol–water partition coefficient (Wildman–Crippen LogP) is 1.54. The molecule has 1 aromatic rings. The van der Waals surface area contributed by atoms with Gasteiger partial charge in [0.15, 0.2) is 0 Å². The third kappa shape index (κ3) is 5.24. The van der Waals surface area contributed by atoms with Crippen molar-refractivity contribution in [2.75, 3.05) is 43.4 Å². The maximum atomic E-state index is 12.3. The molecule has 1 fully saturated rings. The molecule has 24 heavy (non-hydrogen) atoms. The van der Waals surface area contributed by atoms with E-state index in [1.54, 1.807) is 6.92 Å². The molecule has 2 rings (SSSR count). The maximum absolute atomic E-state index is 12.3. The normalized spacial score (nSPS) is 17.5. The Morgan fingerprint density at radius 3 is 2.33 bits per heavy atom. The van der Waals surface area contributed by atoms with Crippen LogP contribution in [0.4, 0.5) is 5.69 Å². The van der Waals surface area contributed by atoms with Gasteiger partial charge in [0.25, 0.3) is 0 Å². The van der Waals surface area contributed by atoms with E-state index in [9.17, 15) is 13.2 Å². The third-order valence-electron chi connectivity index (χ3n) is 3.84. The van der Waals surface area contributed by atoms with Gasteiger partial charge in [-0.25, -0.2) is 8.42 Å². The number of rotatable bonds is 6. The smallest absolute Gasteiger partial charge is 0.237 e. The number of halogens is 2. The van der Waals surface area contributed by atoms with E-state index in [2.05, 4.69) is 10.2 Å². The van der Waals surface area contributed by atoms with Crippen LogP contribution in [-0.2, 0) is 14.8 Å². The minimum absolute atomic E-state index is 0.0651. The fourth-order valence-corrected chi connectivity index (χ4v) is 3.99. The molecule has 0 saturated carbocycles. The summed E-state index contributed by atoms with van der Waals surface area (Å²) in [7, 11) is -3.39. The molecule has 1 aliphatic heterocycles. The summed E-state index contributed by atoms with van der Waals surface area (Å²) in [6.07, 6.45) is 0. The van der Waals surface area contributed by atoms with Crippen LogP contribution in [0.15, 0.2) is 24.3 Å². The number of alkyl halides is 1. The number of nitrogens with zero attached hydrogens (tertiary/aromatic N) is 2. The Balaban J connectivity index is 1.84. The molecule has 1 amide bonds. The van der Waals surface area contributed by atoms with Crippen LogP contribution in [0.2, 0.25) is 5.02 Å². The zero-order chi connectivity index (χ0) is 17.7. The van der Waals surface area contributed by atoms with E-state index in [0.29, 0.717) is 31.2 Å². The van der Waals surface area contributed by atoms with Gasteiger partial charge in [-0.2, -0.15) is 4.31 Å². The summed E-state index contributed by atoms with van der Waals surface area (Å²) in [6.45, 7) is 3.69. The highest BCUT2D eigenvalue weighted by atomic mass is 35.5. The second-order valence-corrected chi connectivity index (χ2v) is 8.77. The quantitative estimate of drug-likeness (QED) is 0.744. The fraction of sp³-hybridized carbons (Fsp3) is 0.533. The van der Waals surface area contributed by atoms with Crippen LogP contribution in [0.3, 0.4) is 0 Å². The predicted molar refractivity (Wildman–Crippen MR) is 97.3 cm³/mol. The van der Waals surface area contributed by atoms with Gasteiger partial charge in [-0.3, -0.25) is 4.79 Å². The molecule has 0 aliphatic carbocycles. The number of hydrogen-bond acceptors (Lipinski definition) is 4. The average Bonchev–Trinajstić information content (AvgIpc) is 2.55. The lowest BCUT2D eigenvalue weighted by Crippen LogP contribution is -2.50. The van der Waals surface area contributed by atoms with Crippen LogP contribution < -0.4 is 10.2 Å². The Morgan fingerprint density at radius 2 is 1.79 bits per heavy atom. The Kier molecular flexibility index (Phi) is 6.74. The van der Waals surface area contributed by atoms with Gasteiger partial charge in [0.2, 0.25) is 15.9 Å². The standard InChI is InChI=1S/C15H21Cl2N3O3S/c1-12(16)15(21)18-6-11-24(22,23)20-9-7-19(8-10-20)14-4-2-13(17)3-5-14/h2-5,12H,6-11H2,1H3,(H,18,21). The highest BCUT2D eigenvalue weighted by Gasteiger charge is 2.27. The largest absolute Gasteiger partial charge is 0.369 e. The van der Waals surface area contributed by atoms with Crippen molar-refractivity contribution in [3.63, 3.8) is 0 Å². The molecular formula is C15H21Cl2N3O3S. The molecule has 1 aliphatic rings. The zero-order valence-corrected chi connectivity index (χ0v) is 15.7. The number of sulfonamides is 1. The Hall–Kier alpha value is -1.02. The molecule has 6 nitrogen and oxygen atoms in total. The molecule has 1 N–H and O–H groups in total. The second kappa shape index (κ2) is 8.38. The van der Waals surface area contributed by atoms with Crippen molar-refractivity contribution >= 4 is 44.8 Å². The van der Waals surface area contributed by atoms with Crippen molar-refractivity contribution in [2.45, 2.75) is 12.3 Å². The molecule has 134 valence electrons. The fourth-order valence-electron chi connectivity index (χ4n) is 2.45. The topological polar surface area (TPSA) is 69.7 Å². The van der Waals surface area contributed by atoms with E-state index in [-0.39, 0.29) is 18.2 Å².